The zero-order chi connectivity index (χ0) is 7.56. The van der Waals surface area contributed by atoms with Gasteiger partial charge in [-0.25, -0.2) is 0 Å². The Kier molecular flexibility index (Phi) is 4.87. The minimum absolute atomic E-state index is 0. The van der Waals surface area contributed by atoms with Crippen molar-refractivity contribution in [1.82, 2.24) is 4.98 Å². The Hall–Kier alpha value is 0.0634. The zero-order valence-electron chi connectivity index (χ0n) is 6.84. The van der Waals surface area contributed by atoms with Crippen molar-refractivity contribution in [2.45, 2.75) is 19.8 Å². The molecule has 0 amide bonds. The van der Waals surface area contributed by atoms with Crippen molar-refractivity contribution < 1.29 is 30.7 Å². The molecule has 0 saturated carbocycles. The first-order valence-corrected chi connectivity index (χ1v) is 4.97. The van der Waals surface area contributed by atoms with Crippen molar-refractivity contribution in [3.8, 4) is 0 Å². The second kappa shape index (κ2) is 4.84. The van der Waals surface area contributed by atoms with Gasteiger partial charge in [-0.15, -0.1) is 0 Å². The molecule has 0 atom stereocenters. The van der Waals surface area contributed by atoms with E-state index in [1.807, 2.05) is 0 Å². The summed E-state index contributed by atoms with van der Waals surface area (Å²) in [4.78, 5) is 4.43. The number of rotatable bonds is 1. The molecule has 1 nitrogen and oxygen atoms in total. The van der Waals surface area contributed by atoms with Gasteiger partial charge in [0.15, 0.2) is 0 Å². The zero-order valence-corrected chi connectivity index (χ0v) is 10.6. The maximum absolute atomic E-state index is 4.43. The van der Waals surface area contributed by atoms with E-state index in [4.69, 9.17) is 0 Å². The van der Waals surface area contributed by atoms with E-state index in [2.05, 4.69) is 37.0 Å². The Labute approximate surface area is 83.7 Å². The van der Waals surface area contributed by atoms with Crippen LogP contribution in [0.5, 0.6) is 0 Å². The topological polar surface area (TPSA) is 12.9 Å². The average Bonchev–Trinajstić information content (AvgIpc) is 1.88. The molecule has 0 N–H and O–H groups in total. The van der Waals surface area contributed by atoms with Gasteiger partial charge in [-0.3, -0.25) is 0 Å². The monoisotopic (exact) mass is 219 g/mol. The summed E-state index contributed by atoms with van der Waals surface area (Å²) < 4.78 is 1.23. The SMILES string of the molecule is CC(C)c1ccc[c]([Zn+])n1.[Cl-]. The predicted octanol–water partition coefficient (Wildman–Crippen LogP) is -1.62. The molecule has 0 aliphatic heterocycles. The van der Waals surface area contributed by atoms with Gasteiger partial charge in [-0.2, -0.15) is 0 Å². The molecule has 0 radical (unpaired) electrons. The van der Waals surface area contributed by atoms with Crippen LogP contribution < -0.4 is 16.7 Å². The Morgan fingerprint density at radius 2 is 2.00 bits per heavy atom. The number of aromatic nitrogens is 1. The van der Waals surface area contributed by atoms with E-state index in [1.54, 1.807) is 0 Å². The molecule has 3 heteroatoms. The van der Waals surface area contributed by atoms with Crippen molar-refractivity contribution in [3.63, 3.8) is 0 Å². The standard InChI is InChI=1S/C8H10N.ClH.Zn/c1-7(2)8-5-3-4-6-9-8;;/h3-5,7H,1-2H3;1H;/q;;+1/p-1. The Morgan fingerprint density at radius 1 is 1.36 bits per heavy atom. The summed E-state index contributed by atoms with van der Waals surface area (Å²) in [5, 5.41) is 0. The van der Waals surface area contributed by atoms with E-state index in [1.165, 1.54) is 9.98 Å². The molecular formula is C8H10ClNZn. The van der Waals surface area contributed by atoms with Gasteiger partial charge in [0.05, 0.1) is 0 Å². The molecule has 0 fully saturated rings. The number of nitrogens with zero attached hydrogens (tertiary/aromatic N) is 1. The molecule has 0 aliphatic carbocycles. The van der Waals surface area contributed by atoms with Crippen LogP contribution in [0.15, 0.2) is 18.2 Å². The van der Waals surface area contributed by atoms with E-state index >= 15 is 0 Å². The normalized spacial score (nSPS) is 9.55. The van der Waals surface area contributed by atoms with Crippen molar-refractivity contribution in [1.29, 1.82) is 0 Å². The van der Waals surface area contributed by atoms with Crippen molar-refractivity contribution in [2.24, 2.45) is 0 Å². The Balaban J connectivity index is 0.000001000. The van der Waals surface area contributed by atoms with Gasteiger partial charge >= 0.3 is 71.2 Å². The van der Waals surface area contributed by atoms with E-state index in [0.717, 1.165) is 18.3 Å². The molecule has 0 bridgehead atoms. The van der Waals surface area contributed by atoms with E-state index in [9.17, 15) is 0 Å². The van der Waals surface area contributed by atoms with Crippen LogP contribution in [-0.2, 0) is 18.3 Å². The fourth-order valence-corrected chi connectivity index (χ4v) is 1.49. The third kappa shape index (κ3) is 3.31. The first-order valence-electron chi connectivity index (χ1n) is 3.49. The Morgan fingerprint density at radius 3 is 2.36 bits per heavy atom. The van der Waals surface area contributed by atoms with Gasteiger partial charge in [0.2, 0.25) is 0 Å². The van der Waals surface area contributed by atoms with Gasteiger partial charge in [0, 0.05) is 0 Å². The summed E-state index contributed by atoms with van der Waals surface area (Å²) in [6, 6.07) is 6.25. The van der Waals surface area contributed by atoms with Crippen molar-refractivity contribution in [3.05, 3.63) is 23.9 Å². The van der Waals surface area contributed by atoms with Crippen LogP contribution in [0.2, 0.25) is 0 Å². The number of halogens is 1. The smallest absolute Gasteiger partial charge is 1.00 e. The van der Waals surface area contributed by atoms with Crippen LogP contribution in [0.1, 0.15) is 25.5 Å². The third-order valence-corrected chi connectivity index (χ3v) is 2.25. The summed E-state index contributed by atoms with van der Waals surface area (Å²) in [5.41, 5.74) is 1.21. The molecule has 0 aromatic carbocycles. The molecule has 56 valence electrons. The molecule has 1 aromatic rings. The summed E-state index contributed by atoms with van der Waals surface area (Å²) in [7, 11) is 0. The first-order chi connectivity index (χ1) is 4.70. The molecule has 1 rings (SSSR count). The fraction of sp³-hybridized carbons (Fsp3) is 0.375. The Bertz CT molecular complexity index is 225. The summed E-state index contributed by atoms with van der Waals surface area (Å²) in [6.07, 6.45) is 0. The minimum Gasteiger partial charge on any atom is -1.00 e. The predicted molar refractivity (Wildman–Crippen MR) is 38.0 cm³/mol. The molecule has 1 heterocycles. The van der Waals surface area contributed by atoms with Crippen LogP contribution in [0.3, 0.4) is 0 Å². The van der Waals surface area contributed by atoms with Crippen molar-refractivity contribution in [2.75, 3.05) is 0 Å². The van der Waals surface area contributed by atoms with Gasteiger partial charge in [-0.1, -0.05) is 0 Å². The van der Waals surface area contributed by atoms with E-state index < -0.39 is 0 Å². The first kappa shape index (κ1) is 11.1. The average molecular weight is 221 g/mol. The molecular weight excluding hydrogens is 211 g/mol. The minimum atomic E-state index is 0. The van der Waals surface area contributed by atoms with Crippen LogP contribution in [0.4, 0.5) is 0 Å². The molecule has 0 unspecified atom stereocenters. The fourth-order valence-electron chi connectivity index (χ4n) is 0.820. The second-order valence-corrected chi connectivity index (χ2v) is 4.23. The maximum Gasteiger partial charge on any atom is -1.00 e. The third-order valence-electron chi connectivity index (χ3n) is 1.42. The van der Waals surface area contributed by atoms with E-state index in [-0.39, 0.29) is 12.4 Å². The molecule has 0 saturated heterocycles. The van der Waals surface area contributed by atoms with Gasteiger partial charge in [-0.05, 0) is 0 Å². The molecule has 0 spiro atoms. The quantitative estimate of drug-likeness (QED) is 0.519. The number of hydrogen-bond acceptors (Lipinski definition) is 1. The van der Waals surface area contributed by atoms with E-state index in [0.29, 0.717) is 5.92 Å². The van der Waals surface area contributed by atoms with Crippen LogP contribution in [-0.4, -0.2) is 4.98 Å². The summed E-state index contributed by atoms with van der Waals surface area (Å²) >= 11 is 1.15. The largest absolute Gasteiger partial charge is 1.00 e. The van der Waals surface area contributed by atoms with Gasteiger partial charge in [0.25, 0.3) is 0 Å². The van der Waals surface area contributed by atoms with Crippen molar-refractivity contribution >= 4 is 4.29 Å². The van der Waals surface area contributed by atoms with Crippen LogP contribution in [0.25, 0.3) is 0 Å². The molecule has 1 aromatic heterocycles. The summed E-state index contributed by atoms with van der Waals surface area (Å²) in [5.74, 6) is 0.562. The number of pyridine rings is 1. The maximum atomic E-state index is 4.43. The number of hydrogen-bond donors (Lipinski definition) is 0. The summed E-state index contributed by atoms with van der Waals surface area (Å²) in [6.45, 7) is 4.34. The van der Waals surface area contributed by atoms with Gasteiger partial charge in [0.1, 0.15) is 0 Å². The van der Waals surface area contributed by atoms with Gasteiger partial charge < -0.3 is 12.4 Å². The second-order valence-electron chi connectivity index (χ2n) is 2.71. The van der Waals surface area contributed by atoms with Crippen LogP contribution in [0, 0.1) is 0 Å². The van der Waals surface area contributed by atoms with Crippen LogP contribution >= 0.6 is 0 Å². The molecule has 11 heavy (non-hydrogen) atoms. The molecule has 0 aliphatic rings.